The molecule has 11 nitrogen and oxygen atoms in total. The number of amides is 2. The fourth-order valence-electron chi connectivity index (χ4n) is 2.27. The van der Waals surface area contributed by atoms with Crippen LogP contribution in [0.2, 0.25) is 0 Å². The molecule has 0 aromatic heterocycles. The SMILES string of the molecule is CC(=O)ON[C@@H](Cc1ccc(O)cc1)C(=O)N[C@@H](CCCN=C(N)N)C(N)=O. The molecular formula is C17H26N6O5. The molecule has 0 heterocycles. The standard InChI is InChI=1S/C17H26N6O5/c1-10(24)28-23-14(9-11-4-6-12(25)7-5-11)16(27)22-13(15(18)26)3-2-8-21-17(19)20/h4-7,13-14,23,25H,2-3,8-9H2,1H3,(H2,18,26)(H,22,27)(H4,19,20,21)/t13-,14-/m0/s1. The van der Waals surface area contributed by atoms with Crippen LogP contribution in [0.15, 0.2) is 29.3 Å². The Morgan fingerprint density at radius 2 is 1.79 bits per heavy atom. The van der Waals surface area contributed by atoms with E-state index in [-0.39, 0.29) is 31.1 Å². The molecule has 154 valence electrons. The first kappa shape index (κ1) is 22.7. The second kappa shape index (κ2) is 11.4. The number of nitrogens with zero attached hydrogens (tertiary/aromatic N) is 1. The van der Waals surface area contributed by atoms with Gasteiger partial charge in [0, 0.05) is 13.5 Å². The van der Waals surface area contributed by atoms with Crippen LogP contribution in [-0.2, 0) is 25.6 Å². The number of carbonyl (C=O) groups excluding carboxylic acids is 3. The Kier molecular flexibility index (Phi) is 9.23. The Bertz CT molecular complexity index is 702. The number of hydroxylamine groups is 1. The van der Waals surface area contributed by atoms with Gasteiger partial charge in [0.15, 0.2) is 5.96 Å². The lowest BCUT2D eigenvalue weighted by Gasteiger charge is -2.21. The molecular weight excluding hydrogens is 368 g/mol. The quantitative estimate of drug-likeness (QED) is 0.112. The van der Waals surface area contributed by atoms with Crippen LogP contribution >= 0.6 is 0 Å². The third kappa shape index (κ3) is 8.85. The number of hydrogen-bond acceptors (Lipinski definition) is 7. The van der Waals surface area contributed by atoms with Crippen LogP contribution in [0.3, 0.4) is 0 Å². The number of primary amides is 1. The topological polar surface area (TPSA) is 195 Å². The Hall–Kier alpha value is -3.34. The molecule has 1 aromatic carbocycles. The van der Waals surface area contributed by atoms with Crippen molar-refractivity contribution in [3.63, 3.8) is 0 Å². The summed E-state index contributed by atoms with van der Waals surface area (Å²) in [5, 5.41) is 11.9. The summed E-state index contributed by atoms with van der Waals surface area (Å²) in [6, 6.07) is 4.24. The number of rotatable bonds is 11. The number of aliphatic imine (C=N–C) groups is 1. The van der Waals surface area contributed by atoms with Gasteiger partial charge in [-0.05, 0) is 37.0 Å². The molecule has 1 rings (SSSR count). The molecule has 0 radical (unpaired) electrons. The molecule has 0 unspecified atom stereocenters. The summed E-state index contributed by atoms with van der Waals surface area (Å²) >= 11 is 0. The van der Waals surface area contributed by atoms with E-state index in [0.717, 1.165) is 0 Å². The van der Waals surface area contributed by atoms with Gasteiger partial charge in [0.25, 0.3) is 0 Å². The van der Waals surface area contributed by atoms with Gasteiger partial charge in [-0.1, -0.05) is 12.1 Å². The highest BCUT2D eigenvalue weighted by Crippen LogP contribution is 2.12. The van der Waals surface area contributed by atoms with E-state index < -0.39 is 29.9 Å². The number of phenolic OH excluding ortho intramolecular Hbond substituents is 1. The van der Waals surface area contributed by atoms with E-state index in [9.17, 15) is 19.5 Å². The third-order valence-electron chi connectivity index (χ3n) is 3.64. The number of hydrogen-bond donors (Lipinski definition) is 6. The first-order valence-electron chi connectivity index (χ1n) is 8.55. The molecule has 0 bridgehead atoms. The number of nitrogens with one attached hydrogen (secondary N) is 2. The Morgan fingerprint density at radius 1 is 1.14 bits per heavy atom. The summed E-state index contributed by atoms with van der Waals surface area (Å²) in [6.07, 6.45) is 0.794. The fraction of sp³-hybridized carbons (Fsp3) is 0.412. The van der Waals surface area contributed by atoms with Gasteiger partial charge in [-0.25, -0.2) is 0 Å². The van der Waals surface area contributed by atoms with Gasteiger partial charge in [-0.2, -0.15) is 0 Å². The van der Waals surface area contributed by atoms with E-state index >= 15 is 0 Å². The van der Waals surface area contributed by atoms with Crippen LogP contribution in [0, 0.1) is 0 Å². The maximum absolute atomic E-state index is 12.6. The lowest BCUT2D eigenvalue weighted by Crippen LogP contribution is -2.52. The summed E-state index contributed by atoms with van der Waals surface area (Å²) < 4.78 is 0. The number of nitrogens with two attached hydrogens (primary N) is 3. The van der Waals surface area contributed by atoms with Gasteiger partial charge in [-0.3, -0.25) is 19.4 Å². The molecule has 0 fully saturated rings. The van der Waals surface area contributed by atoms with Crippen molar-refractivity contribution in [1.29, 1.82) is 0 Å². The normalized spacial score (nSPS) is 12.5. The van der Waals surface area contributed by atoms with Crippen molar-refractivity contribution in [3.05, 3.63) is 29.8 Å². The monoisotopic (exact) mass is 394 g/mol. The van der Waals surface area contributed by atoms with Gasteiger partial charge >= 0.3 is 5.97 Å². The second-order valence-corrected chi connectivity index (χ2v) is 6.05. The predicted molar refractivity (Wildman–Crippen MR) is 102 cm³/mol. The number of guanidine groups is 1. The van der Waals surface area contributed by atoms with E-state index in [1.807, 2.05) is 0 Å². The minimum absolute atomic E-state index is 0.0702. The lowest BCUT2D eigenvalue weighted by atomic mass is 10.0. The molecule has 2 amide bonds. The van der Waals surface area contributed by atoms with Crippen molar-refractivity contribution in [2.24, 2.45) is 22.2 Å². The van der Waals surface area contributed by atoms with Gasteiger partial charge in [0.05, 0.1) is 0 Å². The van der Waals surface area contributed by atoms with Gasteiger partial charge < -0.3 is 32.5 Å². The van der Waals surface area contributed by atoms with Crippen molar-refractivity contribution >= 4 is 23.7 Å². The molecule has 0 aliphatic carbocycles. The van der Waals surface area contributed by atoms with Gasteiger partial charge in [0.1, 0.15) is 17.8 Å². The molecule has 2 atom stereocenters. The maximum atomic E-state index is 12.6. The lowest BCUT2D eigenvalue weighted by molar-refractivity contribution is -0.152. The number of phenols is 1. The van der Waals surface area contributed by atoms with Gasteiger partial charge in [0.2, 0.25) is 11.8 Å². The summed E-state index contributed by atoms with van der Waals surface area (Å²) in [6.45, 7) is 1.46. The number of benzene rings is 1. The van der Waals surface area contributed by atoms with Crippen molar-refractivity contribution < 1.29 is 24.3 Å². The van der Waals surface area contributed by atoms with E-state index in [4.69, 9.17) is 22.0 Å². The maximum Gasteiger partial charge on any atom is 0.321 e. The molecule has 0 saturated carbocycles. The summed E-state index contributed by atoms with van der Waals surface area (Å²) in [4.78, 5) is 43.8. The molecule has 28 heavy (non-hydrogen) atoms. The van der Waals surface area contributed by atoms with E-state index in [1.54, 1.807) is 12.1 Å². The third-order valence-corrected chi connectivity index (χ3v) is 3.64. The zero-order valence-electron chi connectivity index (χ0n) is 15.6. The van der Waals surface area contributed by atoms with Gasteiger partial charge in [-0.15, -0.1) is 5.48 Å². The molecule has 0 aliphatic rings. The summed E-state index contributed by atoms with van der Waals surface area (Å²) in [5.74, 6) is -1.92. The van der Waals surface area contributed by atoms with Crippen molar-refractivity contribution in [1.82, 2.24) is 10.8 Å². The fourth-order valence-corrected chi connectivity index (χ4v) is 2.27. The van der Waals surface area contributed by atoms with E-state index in [0.29, 0.717) is 12.0 Å². The van der Waals surface area contributed by atoms with Crippen LogP contribution in [0.4, 0.5) is 0 Å². The average molecular weight is 394 g/mol. The zero-order chi connectivity index (χ0) is 21.1. The molecule has 0 aliphatic heterocycles. The minimum Gasteiger partial charge on any atom is -0.508 e. The number of carbonyl (C=O) groups is 3. The van der Waals surface area contributed by atoms with Crippen LogP contribution in [0.5, 0.6) is 5.75 Å². The Labute approximate surface area is 162 Å². The first-order valence-corrected chi connectivity index (χ1v) is 8.55. The molecule has 1 aromatic rings. The molecule has 0 spiro atoms. The van der Waals surface area contributed by atoms with E-state index in [1.165, 1.54) is 19.1 Å². The van der Waals surface area contributed by atoms with E-state index in [2.05, 4.69) is 15.8 Å². The highest BCUT2D eigenvalue weighted by Gasteiger charge is 2.25. The summed E-state index contributed by atoms with van der Waals surface area (Å²) in [5.41, 5.74) is 18.9. The molecule has 11 heteroatoms. The van der Waals surface area contributed by atoms with Crippen molar-refractivity contribution in [3.8, 4) is 5.75 Å². The van der Waals surface area contributed by atoms with Crippen LogP contribution in [0.25, 0.3) is 0 Å². The first-order chi connectivity index (χ1) is 13.2. The van der Waals surface area contributed by atoms with Crippen LogP contribution < -0.4 is 28.0 Å². The highest BCUT2D eigenvalue weighted by molar-refractivity contribution is 5.89. The summed E-state index contributed by atoms with van der Waals surface area (Å²) in [7, 11) is 0. The molecule has 0 saturated heterocycles. The largest absolute Gasteiger partial charge is 0.508 e. The van der Waals surface area contributed by atoms with Crippen molar-refractivity contribution in [2.75, 3.05) is 6.54 Å². The number of aromatic hydroxyl groups is 1. The zero-order valence-corrected chi connectivity index (χ0v) is 15.6. The Morgan fingerprint density at radius 3 is 2.32 bits per heavy atom. The molecule has 9 N–H and O–H groups in total. The highest BCUT2D eigenvalue weighted by atomic mass is 16.7. The Balaban J connectivity index is 2.77. The second-order valence-electron chi connectivity index (χ2n) is 6.05. The predicted octanol–water partition coefficient (Wildman–Crippen LogP) is -1.61. The van der Waals surface area contributed by atoms with Crippen LogP contribution in [-0.4, -0.2) is 47.5 Å². The minimum atomic E-state index is -0.979. The smallest absolute Gasteiger partial charge is 0.321 e. The van der Waals surface area contributed by atoms with Crippen LogP contribution in [0.1, 0.15) is 25.3 Å². The average Bonchev–Trinajstić information content (AvgIpc) is 2.62. The van der Waals surface area contributed by atoms with Crippen molar-refractivity contribution in [2.45, 2.75) is 38.3 Å².